The normalized spacial score (nSPS) is 19.7. The molecule has 3 heteroatoms. The second-order valence-electron chi connectivity index (χ2n) is 6.78. The van der Waals surface area contributed by atoms with Gasteiger partial charge in [0.2, 0.25) is 0 Å². The van der Waals surface area contributed by atoms with Crippen molar-refractivity contribution in [1.82, 2.24) is 10.2 Å². The quantitative estimate of drug-likeness (QED) is 0.906. The van der Waals surface area contributed by atoms with Gasteiger partial charge in [0.15, 0.2) is 0 Å². The van der Waals surface area contributed by atoms with Crippen molar-refractivity contribution < 1.29 is 4.79 Å². The predicted octanol–water partition coefficient (Wildman–Crippen LogP) is 2.84. The van der Waals surface area contributed by atoms with Crippen molar-refractivity contribution >= 4 is 5.91 Å². The fourth-order valence-corrected chi connectivity index (χ4v) is 3.57. The maximum absolute atomic E-state index is 12.7. The maximum Gasteiger partial charge on any atom is 0.253 e. The van der Waals surface area contributed by atoms with E-state index in [0.717, 1.165) is 62.8 Å². The molecular formula is C18H26N2O. The third-order valence-electron chi connectivity index (χ3n) is 5.11. The van der Waals surface area contributed by atoms with Crippen molar-refractivity contribution in [2.45, 2.75) is 39.7 Å². The molecule has 0 spiro atoms. The Morgan fingerprint density at radius 1 is 1.24 bits per heavy atom. The summed E-state index contributed by atoms with van der Waals surface area (Å²) in [6, 6.07) is 6.25. The fourth-order valence-electron chi connectivity index (χ4n) is 3.57. The largest absolute Gasteiger partial charge is 0.339 e. The van der Waals surface area contributed by atoms with Gasteiger partial charge in [-0.05, 0) is 60.9 Å². The molecule has 2 heterocycles. The highest BCUT2D eigenvalue weighted by atomic mass is 16.2. The third kappa shape index (κ3) is 3.13. The second kappa shape index (κ2) is 6.18. The molecule has 1 saturated heterocycles. The van der Waals surface area contributed by atoms with Crippen LogP contribution in [0.25, 0.3) is 0 Å². The molecule has 2 aliphatic heterocycles. The number of amides is 1. The van der Waals surface area contributed by atoms with E-state index in [1.807, 2.05) is 11.0 Å². The number of carbonyl (C=O) groups excluding carboxylic acids is 1. The molecule has 0 radical (unpaired) electrons. The number of hydrogen-bond donors (Lipinski definition) is 1. The van der Waals surface area contributed by atoms with Gasteiger partial charge in [0, 0.05) is 25.2 Å². The van der Waals surface area contributed by atoms with Gasteiger partial charge >= 0.3 is 0 Å². The SMILES string of the molecule is CC(C)C1CCN(C(=O)c2ccc3c(c2)CNCC3)CC1. The molecule has 0 saturated carbocycles. The van der Waals surface area contributed by atoms with Gasteiger partial charge in [0.1, 0.15) is 0 Å². The van der Waals surface area contributed by atoms with E-state index in [-0.39, 0.29) is 5.91 Å². The molecule has 2 aliphatic rings. The highest BCUT2D eigenvalue weighted by molar-refractivity contribution is 5.94. The Kier molecular flexibility index (Phi) is 4.29. The summed E-state index contributed by atoms with van der Waals surface area (Å²) in [6.45, 7) is 8.35. The number of carbonyl (C=O) groups is 1. The number of rotatable bonds is 2. The Balaban J connectivity index is 1.68. The second-order valence-corrected chi connectivity index (χ2v) is 6.78. The van der Waals surface area contributed by atoms with Crippen LogP contribution in [0.1, 0.15) is 48.2 Å². The van der Waals surface area contributed by atoms with Gasteiger partial charge in [0.25, 0.3) is 5.91 Å². The zero-order chi connectivity index (χ0) is 14.8. The van der Waals surface area contributed by atoms with Gasteiger partial charge in [0.05, 0.1) is 0 Å². The molecule has 1 N–H and O–H groups in total. The molecule has 1 fully saturated rings. The third-order valence-corrected chi connectivity index (χ3v) is 5.11. The van der Waals surface area contributed by atoms with Gasteiger partial charge < -0.3 is 10.2 Å². The van der Waals surface area contributed by atoms with E-state index >= 15 is 0 Å². The number of fused-ring (bicyclic) bond motifs is 1. The molecule has 0 unspecified atom stereocenters. The van der Waals surface area contributed by atoms with Gasteiger partial charge in [-0.3, -0.25) is 4.79 Å². The van der Waals surface area contributed by atoms with Crippen LogP contribution in [0, 0.1) is 11.8 Å². The first-order valence-electron chi connectivity index (χ1n) is 8.27. The van der Waals surface area contributed by atoms with Crippen LogP contribution in [0.15, 0.2) is 18.2 Å². The summed E-state index contributed by atoms with van der Waals surface area (Å²) in [6.07, 6.45) is 3.37. The highest BCUT2D eigenvalue weighted by Gasteiger charge is 2.25. The Hall–Kier alpha value is -1.35. The lowest BCUT2D eigenvalue weighted by Crippen LogP contribution is -2.39. The summed E-state index contributed by atoms with van der Waals surface area (Å²) in [7, 11) is 0. The van der Waals surface area contributed by atoms with E-state index in [1.165, 1.54) is 11.1 Å². The van der Waals surface area contributed by atoms with Crippen molar-refractivity contribution in [1.29, 1.82) is 0 Å². The van der Waals surface area contributed by atoms with Crippen molar-refractivity contribution in [3.8, 4) is 0 Å². The topological polar surface area (TPSA) is 32.3 Å². The lowest BCUT2D eigenvalue weighted by atomic mass is 9.86. The lowest BCUT2D eigenvalue weighted by Gasteiger charge is -2.34. The molecule has 3 nitrogen and oxygen atoms in total. The Morgan fingerprint density at radius 3 is 2.71 bits per heavy atom. The Bertz CT molecular complexity index is 516. The standard InChI is InChI=1S/C18H26N2O/c1-13(2)14-6-9-20(10-7-14)18(21)16-4-3-15-5-8-19-12-17(15)11-16/h3-4,11,13-14,19H,5-10,12H2,1-2H3. The van der Waals surface area contributed by atoms with Crippen LogP contribution in [0.3, 0.4) is 0 Å². The monoisotopic (exact) mass is 286 g/mol. The van der Waals surface area contributed by atoms with Crippen LogP contribution in [0.2, 0.25) is 0 Å². The summed E-state index contributed by atoms with van der Waals surface area (Å²) in [5.74, 6) is 1.73. The van der Waals surface area contributed by atoms with Gasteiger partial charge in [-0.2, -0.15) is 0 Å². The minimum absolute atomic E-state index is 0.213. The van der Waals surface area contributed by atoms with E-state index in [4.69, 9.17) is 0 Å². The smallest absolute Gasteiger partial charge is 0.253 e. The van der Waals surface area contributed by atoms with Crippen LogP contribution in [-0.2, 0) is 13.0 Å². The van der Waals surface area contributed by atoms with Crippen LogP contribution < -0.4 is 5.32 Å². The Labute approximate surface area is 127 Å². The molecule has 0 aliphatic carbocycles. The molecule has 0 aromatic heterocycles. The van der Waals surface area contributed by atoms with E-state index in [2.05, 4.69) is 31.3 Å². The summed E-state index contributed by atoms with van der Waals surface area (Å²) in [5, 5.41) is 3.38. The van der Waals surface area contributed by atoms with Crippen LogP contribution >= 0.6 is 0 Å². The first kappa shape index (κ1) is 14.6. The number of benzene rings is 1. The van der Waals surface area contributed by atoms with Crippen LogP contribution in [-0.4, -0.2) is 30.4 Å². The maximum atomic E-state index is 12.7. The lowest BCUT2D eigenvalue weighted by molar-refractivity contribution is 0.0667. The molecule has 21 heavy (non-hydrogen) atoms. The summed E-state index contributed by atoms with van der Waals surface area (Å²) in [5.41, 5.74) is 3.55. The van der Waals surface area contributed by atoms with E-state index < -0.39 is 0 Å². The minimum atomic E-state index is 0.213. The summed E-state index contributed by atoms with van der Waals surface area (Å²) in [4.78, 5) is 14.7. The van der Waals surface area contributed by atoms with Gasteiger partial charge in [-0.15, -0.1) is 0 Å². The Morgan fingerprint density at radius 2 is 2.00 bits per heavy atom. The average Bonchev–Trinajstić information content (AvgIpc) is 2.54. The molecule has 0 atom stereocenters. The van der Waals surface area contributed by atoms with Gasteiger partial charge in [-0.25, -0.2) is 0 Å². The van der Waals surface area contributed by atoms with Gasteiger partial charge in [-0.1, -0.05) is 19.9 Å². The highest BCUT2D eigenvalue weighted by Crippen LogP contribution is 2.26. The summed E-state index contributed by atoms with van der Waals surface area (Å²) >= 11 is 0. The van der Waals surface area contributed by atoms with E-state index in [1.54, 1.807) is 0 Å². The van der Waals surface area contributed by atoms with Crippen molar-refractivity contribution in [3.63, 3.8) is 0 Å². The van der Waals surface area contributed by atoms with Crippen molar-refractivity contribution in [2.75, 3.05) is 19.6 Å². The number of hydrogen-bond acceptors (Lipinski definition) is 2. The number of likely N-dealkylation sites (tertiary alicyclic amines) is 1. The molecule has 1 aromatic rings. The van der Waals surface area contributed by atoms with E-state index in [0.29, 0.717) is 0 Å². The molecular weight excluding hydrogens is 260 g/mol. The molecule has 1 aromatic carbocycles. The first-order valence-corrected chi connectivity index (χ1v) is 8.27. The van der Waals surface area contributed by atoms with Crippen LogP contribution in [0.4, 0.5) is 0 Å². The van der Waals surface area contributed by atoms with Crippen molar-refractivity contribution in [3.05, 3.63) is 34.9 Å². The fraction of sp³-hybridized carbons (Fsp3) is 0.611. The number of nitrogens with one attached hydrogen (secondary N) is 1. The average molecular weight is 286 g/mol. The summed E-state index contributed by atoms with van der Waals surface area (Å²) < 4.78 is 0. The van der Waals surface area contributed by atoms with Crippen molar-refractivity contribution in [2.24, 2.45) is 11.8 Å². The minimum Gasteiger partial charge on any atom is -0.339 e. The zero-order valence-corrected chi connectivity index (χ0v) is 13.2. The van der Waals surface area contributed by atoms with E-state index in [9.17, 15) is 4.79 Å². The molecule has 3 rings (SSSR count). The number of nitrogens with zero attached hydrogens (tertiary/aromatic N) is 1. The molecule has 0 bridgehead atoms. The predicted molar refractivity (Wildman–Crippen MR) is 85.3 cm³/mol. The first-order chi connectivity index (χ1) is 10.1. The molecule has 1 amide bonds. The zero-order valence-electron chi connectivity index (χ0n) is 13.2. The van der Waals surface area contributed by atoms with Crippen LogP contribution in [0.5, 0.6) is 0 Å². The number of piperidine rings is 1. The molecule has 114 valence electrons.